The van der Waals surface area contributed by atoms with E-state index in [0.29, 0.717) is 5.56 Å². The van der Waals surface area contributed by atoms with E-state index in [4.69, 9.17) is 0 Å². The maximum atomic E-state index is 11.9. The molecule has 2 rings (SSSR count). The molecule has 0 radical (unpaired) electrons. The molecule has 0 saturated heterocycles. The van der Waals surface area contributed by atoms with Crippen molar-refractivity contribution in [1.29, 1.82) is 0 Å². The van der Waals surface area contributed by atoms with Crippen molar-refractivity contribution in [3.63, 3.8) is 0 Å². The Bertz CT molecular complexity index is 713. The molecule has 5 nitrogen and oxygen atoms in total. The fourth-order valence-corrected chi connectivity index (χ4v) is 2.10. The summed E-state index contributed by atoms with van der Waals surface area (Å²) in [6.45, 7) is 0. The fraction of sp³-hybridized carbons (Fsp3) is 0.0667. The van der Waals surface area contributed by atoms with Crippen LogP contribution in [0, 0.1) is 0 Å². The number of amides is 1. The summed E-state index contributed by atoms with van der Waals surface area (Å²) in [6, 6.07) is 9.81. The zero-order chi connectivity index (χ0) is 16.1. The number of hydrogen-bond acceptors (Lipinski definition) is 4. The fourth-order valence-electron chi connectivity index (χ4n) is 1.60. The topological polar surface area (TPSA) is 76.1 Å². The Balaban J connectivity index is 1.96. The van der Waals surface area contributed by atoms with Crippen LogP contribution in [0.5, 0.6) is 0 Å². The van der Waals surface area contributed by atoms with Gasteiger partial charge in [-0.05, 0) is 40.2 Å². The Hall–Kier alpha value is -1.86. The molecule has 0 aliphatic carbocycles. The number of nitrogens with zero attached hydrogens (tertiary/aromatic N) is 1. The Morgan fingerprint density at radius 2 is 1.59 bits per heavy atom. The van der Waals surface area contributed by atoms with Gasteiger partial charge in [-0.1, -0.05) is 28.1 Å². The molecule has 2 aromatic rings. The number of rotatable bonds is 5. The van der Waals surface area contributed by atoms with Crippen LogP contribution in [-0.2, 0) is 9.59 Å². The average Bonchev–Trinajstić information content (AvgIpc) is 2.50. The molecule has 0 saturated carbocycles. The van der Waals surface area contributed by atoms with Gasteiger partial charge in [-0.3, -0.25) is 14.4 Å². The number of aromatic nitrogens is 1. The first kappa shape index (κ1) is 16.5. The highest BCUT2D eigenvalue weighted by Gasteiger charge is 2.19. The Labute approximate surface area is 143 Å². The van der Waals surface area contributed by atoms with Crippen LogP contribution in [0.2, 0.25) is 0 Å². The minimum absolute atomic E-state index is 0.248. The molecule has 1 amide bonds. The second kappa shape index (κ2) is 7.42. The summed E-state index contributed by atoms with van der Waals surface area (Å²) in [5, 5.41) is 2.35. The van der Waals surface area contributed by atoms with E-state index in [1.165, 1.54) is 6.20 Å². The Morgan fingerprint density at radius 1 is 0.955 bits per heavy atom. The third kappa shape index (κ3) is 4.57. The van der Waals surface area contributed by atoms with E-state index in [0.717, 1.165) is 8.95 Å². The van der Waals surface area contributed by atoms with Crippen molar-refractivity contribution in [3.8, 4) is 0 Å². The van der Waals surface area contributed by atoms with Gasteiger partial charge in [0.15, 0.2) is 5.78 Å². The molecule has 0 aliphatic rings. The highest BCUT2D eigenvalue weighted by Crippen LogP contribution is 2.13. The SMILES string of the molecule is O=C(CC(=O)c1ccc(Br)cc1)C(=O)Nc1ccc(Br)cn1. The van der Waals surface area contributed by atoms with E-state index < -0.39 is 23.9 Å². The van der Waals surface area contributed by atoms with Crippen LogP contribution in [-0.4, -0.2) is 22.5 Å². The van der Waals surface area contributed by atoms with Crippen molar-refractivity contribution in [2.24, 2.45) is 0 Å². The van der Waals surface area contributed by atoms with Gasteiger partial charge in [0.05, 0.1) is 6.42 Å². The number of halogens is 2. The van der Waals surface area contributed by atoms with Crippen LogP contribution in [0.3, 0.4) is 0 Å². The van der Waals surface area contributed by atoms with Gasteiger partial charge in [0.2, 0.25) is 5.78 Å². The number of hydrogen-bond donors (Lipinski definition) is 1. The molecule has 0 spiro atoms. The first-order valence-corrected chi connectivity index (χ1v) is 7.79. The van der Waals surface area contributed by atoms with Crippen molar-refractivity contribution in [2.45, 2.75) is 6.42 Å². The minimum Gasteiger partial charge on any atom is -0.304 e. The molecule has 7 heteroatoms. The molecule has 0 fully saturated rings. The first-order chi connectivity index (χ1) is 10.5. The molecule has 1 N–H and O–H groups in total. The molecule has 0 unspecified atom stereocenters. The quantitative estimate of drug-likeness (QED) is 0.452. The smallest absolute Gasteiger partial charge is 0.293 e. The zero-order valence-electron chi connectivity index (χ0n) is 11.2. The molecular weight excluding hydrogens is 416 g/mol. The molecule has 0 aliphatic heterocycles. The van der Waals surface area contributed by atoms with Crippen molar-refractivity contribution in [3.05, 3.63) is 57.1 Å². The number of nitrogens with one attached hydrogen (secondary N) is 1. The predicted octanol–water partition coefficient (Wildman–Crippen LogP) is 3.39. The van der Waals surface area contributed by atoms with Crippen LogP contribution in [0.4, 0.5) is 5.82 Å². The van der Waals surface area contributed by atoms with Gasteiger partial charge in [0.25, 0.3) is 5.91 Å². The van der Waals surface area contributed by atoms with Gasteiger partial charge < -0.3 is 5.32 Å². The van der Waals surface area contributed by atoms with E-state index >= 15 is 0 Å². The normalized spacial score (nSPS) is 10.1. The summed E-state index contributed by atoms with van der Waals surface area (Å²) in [5.41, 5.74) is 0.381. The second-order valence-electron chi connectivity index (χ2n) is 4.35. The van der Waals surface area contributed by atoms with Crippen LogP contribution in [0.1, 0.15) is 16.8 Å². The number of pyridine rings is 1. The zero-order valence-corrected chi connectivity index (χ0v) is 14.3. The Morgan fingerprint density at radius 3 is 2.18 bits per heavy atom. The lowest BCUT2D eigenvalue weighted by Crippen LogP contribution is -2.25. The largest absolute Gasteiger partial charge is 0.304 e. The number of carbonyl (C=O) groups is 3. The highest BCUT2D eigenvalue weighted by molar-refractivity contribution is 9.10. The van der Waals surface area contributed by atoms with Gasteiger partial charge in [0, 0.05) is 20.7 Å². The number of carbonyl (C=O) groups excluding carboxylic acids is 3. The minimum atomic E-state index is -0.861. The molecule has 22 heavy (non-hydrogen) atoms. The molecular formula is C15H10Br2N2O3. The second-order valence-corrected chi connectivity index (χ2v) is 6.18. The van der Waals surface area contributed by atoms with Crippen molar-refractivity contribution < 1.29 is 14.4 Å². The van der Waals surface area contributed by atoms with Gasteiger partial charge in [-0.25, -0.2) is 4.98 Å². The van der Waals surface area contributed by atoms with E-state index in [1.54, 1.807) is 36.4 Å². The highest BCUT2D eigenvalue weighted by atomic mass is 79.9. The van der Waals surface area contributed by atoms with Gasteiger partial charge in [0.1, 0.15) is 5.82 Å². The number of ketones is 2. The number of anilines is 1. The number of Topliss-reactive ketones (excluding diaryl/α,β-unsaturated/α-hetero) is 2. The summed E-state index contributed by atoms with van der Waals surface area (Å²) in [5.74, 6) is -1.83. The average molecular weight is 426 g/mol. The monoisotopic (exact) mass is 424 g/mol. The van der Waals surface area contributed by atoms with Gasteiger partial charge >= 0.3 is 0 Å². The van der Waals surface area contributed by atoms with Crippen LogP contribution in [0.25, 0.3) is 0 Å². The summed E-state index contributed by atoms with van der Waals surface area (Å²) in [6.07, 6.45) is 1.01. The lowest BCUT2D eigenvalue weighted by atomic mass is 10.1. The molecule has 0 atom stereocenters. The lowest BCUT2D eigenvalue weighted by molar-refractivity contribution is -0.134. The van der Waals surface area contributed by atoms with Gasteiger partial charge in [-0.15, -0.1) is 0 Å². The number of benzene rings is 1. The van der Waals surface area contributed by atoms with Gasteiger partial charge in [-0.2, -0.15) is 0 Å². The summed E-state index contributed by atoms with van der Waals surface area (Å²) < 4.78 is 1.58. The summed E-state index contributed by atoms with van der Waals surface area (Å²) in [7, 11) is 0. The van der Waals surface area contributed by atoms with E-state index in [-0.39, 0.29) is 5.82 Å². The summed E-state index contributed by atoms with van der Waals surface area (Å²) in [4.78, 5) is 39.4. The summed E-state index contributed by atoms with van der Waals surface area (Å²) >= 11 is 6.47. The first-order valence-electron chi connectivity index (χ1n) is 6.20. The standard InChI is InChI=1S/C15H10Br2N2O3/c16-10-3-1-9(2-4-10)12(20)7-13(21)15(22)19-14-6-5-11(17)8-18-14/h1-6,8H,7H2,(H,18,19,22). The molecule has 1 heterocycles. The Kier molecular flexibility index (Phi) is 5.57. The van der Waals surface area contributed by atoms with E-state index in [9.17, 15) is 14.4 Å². The maximum Gasteiger partial charge on any atom is 0.293 e. The molecule has 1 aromatic heterocycles. The van der Waals surface area contributed by atoms with Crippen LogP contribution < -0.4 is 5.32 Å². The van der Waals surface area contributed by atoms with Crippen molar-refractivity contribution in [2.75, 3.05) is 5.32 Å². The third-order valence-corrected chi connectivity index (χ3v) is 3.71. The van der Waals surface area contributed by atoms with Crippen molar-refractivity contribution >= 4 is 55.2 Å². The van der Waals surface area contributed by atoms with Crippen molar-refractivity contribution in [1.82, 2.24) is 4.98 Å². The molecule has 0 bridgehead atoms. The van der Waals surface area contributed by atoms with Crippen LogP contribution in [0.15, 0.2) is 51.5 Å². The third-order valence-electron chi connectivity index (χ3n) is 2.71. The van der Waals surface area contributed by atoms with E-state index in [1.807, 2.05) is 0 Å². The molecule has 112 valence electrons. The predicted molar refractivity (Wildman–Crippen MR) is 88.7 cm³/mol. The lowest BCUT2D eigenvalue weighted by Gasteiger charge is -2.04. The van der Waals surface area contributed by atoms with Crippen LogP contribution >= 0.6 is 31.9 Å². The molecule has 1 aromatic carbocycles. The van der Waals surface area contributed by atoms with E-state index in [2.05, 4.69) is 42.2 Å². The maximum absolute atomic E-state index is 11.9.